The van der Waals surface area contributed by atoms with Gasteiger partial charge in [0.2, 0.25) is 5.82 Å². The molecule has 6 nitrogen and oxygen atoms in total. The van der Waals surface area contributed by atoms with Crippen molar-refractivity contribution >= 4 is 17.4 Å². The fourth-order valence-corrected chi connectivity index (χ4v) is 3.16. The van der Waals surface area contributed by atoms with Gasteiger partial charge in [-0.3, -0.25) is 4.79 Å². The summed E-state index contributed by atoms with van der Waals surface area (Å²) >= 11 is 6.11. The predicted molar refractivity (Wildman–Crippen MR) is 117 cm³/mol. The lowest BCUT2D eigenvalue weighted by Gasteiger charge is -2.10. The van der Waals surface area contributed by atoms with Crippen LogP contribution in [0.1, 0.15) is 28.7 Å². The van der Waals surface area contributed by atoms with Crippen molar-refractivity contribution in [3.8, 4) is 22.9 Å². The summed E-state index contributed by atoms with van der Waals surface area (Å²) in [5.41, 5.74) is 1.71. The molecule has 0 N–H and O–H groups in total. The molecule has 0 saturated heterocycles. The van der Waals surface area contributed by atoms with E-state index in [0.717, 1.165) is 11.3 Å². The van der Waals surface area contributed by atoms with Gasteiger partial charge in [-0.25, -0.2) is 0 Å². The molecule has 31 heavy (non-hydrogen) atoms. The molecule has 7 heteroatoms. The smallest absolute Gasteiger partial charge is 0.264 e. The number of hydrogen-bond donors (Lipinski definition) is 0. The highest BCUT2D eigenvalue weighted by Gasteiger charge is 2.17. The highest BCUT2D eigenvalue weighted by atomic mass is 35.5. The fourth-order valence-electron chi connectivity index (χ4n) is 2.99. The van der Waals surface area contributed by atoms with E-state index >= 15 is 0 Å². The summed E-state index contributed by atoms with van der Waals surface area (Å²) in [6, 6.07) is 21.3. The van der Waals surface area contributed by atoms with E-state index < -0.39 is 0 Å². The van der Waals surface area contributed by atoms with Crippen molar-refractivity contribution in [3.05, 3.63) is 94.8 Å². The zero-order chi connectivity index (χ0) is 21.6. The summed E-state index contributed by atoms with van der Waals surface area (Å²) in [6.45, 7) is 2.54. The molecule has 0 fully saturated rings. The maximum absolute atomic E-state index is 12.9. The molecular formula is C24H19ClN2O4. The van der Waals surface area contributed by atoms with E-state index in [1.54, 1.807) is 42.5 Å². The largest absolute Gasteiger partial charge is 0.494 e. The van der Waals surface area contributed by atoms with Crippen LogP contribution < -0.4 is 9.47 Å². The first-order chi connectivity index (χ1) is 15.1. The minimum atomic E-state index is -0.182. The van der Waals surface area contributed by atoms with Gasteiger partial charge < -0.3 is 14.0 Å². The van der Waals surface area contributed by atoms with Gasteiger partial charge in [-0.2, -0.15) is 4.98 Å². The number of rotatable bonds is 8. The Hall–Kier alpha value is -3.64. The molecule has 0 unspecified atom stereocenters. The second-order valence-corrected chi connectivity index (χ2v) is 7.03. The van der Waals surface area contributed by atoms with E-state index in [9.17, 15) is 4.79 Å². The number of ketones is 1. The maximum atomic E-state index is 12.9. The van der Waals surface area contributed by atoms with Gasteiger partial charge in [0.1, 0.15) is 11.5 Å². The summed E-state index contributed by atoms with van der Waals surface area (Å²) in [4.78, 5) is 17.3. The number of halogens is 1. The van der Waals surface area contributed by atoms with Crippen molar-refractivity contribution < 1.29 is 18.8 Å². The first kappa shape index (κ1) is 20.6. The van der Waals surface area contributed by atoms with Crippen LogP contribution in [0.4, 0.5) is 0 Å². The second-order valence-electron chi connectivity index (χ2n) is 6.59. The van der Waals surface area contributed by atoms with Crippen LogP contribution in [0.2, 0.25) is 5.02 Å². The second kappa shape index (κ2) is 9.45. The molecule has 0 aliphatic rings. The van der Waals surface area contributed by atoms with Gasteiger partial charge in [0.05, 0.1) is 12.2 Å². The normalized spacial score (nSPS) is 10.6. The Morgan fingerprint density at radius 3 is 2.52 bits per heavy atom. The van der Waals surface area contributed by atoms with Crippen LogP contribution in [0.3, 0.4) is 0 Å². The van der Waals surface area contributed by atoms with Gasteiger partial charge in [0, 0.05) is 16.1 Å². The highest BCUT2D eigenvalue weighted by molar-refractivity contribution is 6.31. The summed E-state index contributed by atoms with van der Waals surface area (Å²) in [7, 11) is 0. The van der Waals surface area contributed by atoms with Gasteiger partial charge in [-0.15, -0.1) is 0 Å². The van der Waals surface area contributed by atoms with Crippen LogP contribution in [0, 0.1) is 0 Å². The zero-order valence-electron chi connectivity index (χ0n) is 16.7. The molecule has 156 valence electrons. The number of aromatic nitrogens is 2. The monoisotopic (exact) mass is 434 g/mol. The van der Waals surface area contributed by atoms with Crippen molar-refractivity contribution in [2.45, 2.75) is 13.5 Å². The molecule has 3 aromatic carbocycles. The fraction of sp³-hybridized carbons (Fsp3) is 0.125. The SMILES string of the molecule is CCOc1ccc(-c2noc(COc3ccc(Cl)cc3C(=O)c3ccccc3)n2)cc1. The molecule has 0 aliphatic carbocycles. The number of benzene rings is 3. The van der Waals surface area contributed by atoms with Crippen molar-refractivity contribution in [2.75, 3.05) is 6.61 Å². The average molecular weight is 435 g/mol. The number of nitrogens with zero attached hydrogens (tertiary/aromatic N) is 2. The van der Waals surface area contributed by atoms with Crippen molar-refractivity contribution in [1.29, 1.82) is 0 Å². The third-order valence-electron chi connectivity index (χ3n) is 4.46. The summed E-state index contributed by atoms with van der Waals surface area (Å²) in [6.07, 6.45) is 0. The van der Waals surface area contributed by atoms with Crippen LogP contribution in [0.25, 0.3) is 11.4 Å². The summed E-state index contributed by atoms with van der Waals surface area (Å²) < 4.78 is 16.6. The molecule has 0 bridgehead atoms. The van der Waals surface area contributed by atoms with Crippen molar-refractivity contribution in [3.63, 3.8) is 0 Å². The molecule has 0 atom stereocenters. The lowest BCUT2D eigenvalue weighted by Crippen LogP contribution is -2.06. The minimum absolute atomic E-state index is 0.0146. The molecule has 1 aromatic heterocycles. The first-order valence-electron chi connectivity index (χ1n) is 9.72. The van der Waals surface area contributed by atoms with E-state index in [2.05, 4.69) is 10.1 Å². The molecule has 0 spiro atoms. The Kier molecular flexibility index (Phi) is 6.29. The van der Waals surface area contributed by atoms with Crippen molar-refractivity contribution in [1.82, 2.24) is 10.1 Å². The molecule has 4 rings (SSSR count). The minimum Gasteiger partial charge on any atom is -0.494 e. The number of carbonyl (C=O) groups excluding carboxylic acids is 1. The lowest BCUT2D eigenvalue weighted by molar-refractivity contribution is 0.103. The van der Waals surface area contributed by atoms with Crippen LogP contribution in [-0.2, 0) is 6.61 Å². The van der Waals surface area contributed by atoms with Crippen molar-refractivity contribution in [2.24, 2.45) is 0 Å². The quantitative estimate of drug-likeness (QED) is 0.336. The summed E-state index contributed by atoms with van der Waals surface area (Å²) in [5.74, 6) is 1.71. The van der Waals surface area contributed by atoms with Crippen LogP contribution in [0.15, 0.2) is 77.3 Å². The third-order valence-corrected chi connectivity index (χ3v) is 4.70. The Labute approximate surface area is 184 Å². The molecule has 0 amide bonds. The lowest BCUT2D eigenvalue weighted by atomic mass is 10.0. The zero-order valence-corrected chi connectivity index (χ0v) is 17.5. The molecule has 4 aromatic rings. The predicted octanol–water partition coefficient (Wildman–Crippen LogP) is 5.60. The van der Waals surface area contributed by atoms with Gasteiger partial charge in [-0.1, -0.05) is 47.1 Å². The van der Waals surface area contributed by atoms with Gasteiger partial charge in [0.25, 0.3) is 5.89 Å². The Morgan fingerprint density at radius 2 is 1.77 bits per heavy atom. The average Bonchev–Trinajstić information content (AvgIpc) is 3.28. The van der Waals surface area contributed by atoms with E-state index in [1.165, 1.54) is 0 Å². The molecule has 0 saturated carbocycles. The van der Waals surface area contributed by atoms with Crippen LogP contribution in [-0.4, -0.2) is 22.5 Å². The molecular weight excluding hydrogens is 416 g/mol. The number of hydrogen-bond acceptors (Lipinski definition) is 6. The topological polar surface area (TPSA) is 74.5 Å². The molecule has 0 radical (unpaired) electrons. The van der Waals surface area contributed by atoms with Crippen LogP contribution in [0.5, 0.6) is 11.5 Å². The van der Waals surface area contributed by atoms with Gasteiger partial charge in [-0.05, 0) is 49.4 Å². The molecule has 1 heterocycles. The summed E-state index contributed by atoms with van der Waals surface area (Å²) in [5, 5.41) is 4.45. The van der Waals surface area contributed by atoms with Crippen LogP contribution >= 0.6 is 11.6 Å². The van der Waals surface area contributed by atoms with E-state index in [4.69, 9.17) is 25.6 Å². The number of ether oxygens (including phenoxy) is 2. The standard InChI is InChI=1S/C24H19ClN2O4/c1-2-29-19-11-8-17(9-12-19)24-26-22(31-27-24)15-30-21-13-10-18(25)14-20(21)23(28)16-6-4-3-5-7-16/h3-14H,2,15H2,1H3. The van der Waals surface area contributed by atoms with E-state index in [1.807, 2.05) is 37.3 Å². The molecule has 0 aliphatic heterocycles. The Balaban J connectivity index is 1.49. The highest BCUT2D eigenvalue weighted by Crippen LogP contribution is 2.27. The van der Waals surface area contributed by atoms with Gasteiger partial charge >= 0.3 is 0 Å². The first-order valence-corrected chi connectivity index (χ1v) is 10.1. The Bertz CT molecular complexity index is 1170. The maximum Gasteiger partial charge on any atom is 0.264 e. The van der Waals surface area contributed by atoms with E-state index in [0.29, 0.717) is 34.3 Å². The van der Waals surface area contributed by atoms with Gasteiger partial charge in [0.15, 0.2) is 12.4 Å². The third kappa shape index (κ3) is 4.92. The van der Waals surface area contributed by atoms with E-state index in [-0.39, 0.29) is 18.3 Å². The number of carbonyl (C=O) groups is 1. The Morgan fingerprint density at radius 1 is 1.00 bits per heavy atom.